The van der Waals surface area contributed by atoms with Crippen molar-refractivity contribution in [2.45, 2.75) is 19.8 Å². The van der Waals surface area contributed by atoms with Gasteiger partial charge in [0.05, 0.1) is 18.6 Å². The maximum Gasteiger partial charge on any atom is 0.174 e. The molecular formula is C16H16N4O. The Bertz CT molecular complexity index is 688. The SMILES string of the molecule is CC(C)c1ccc(Oc2ccc(-n3nccn3)nc2)cc1. The summed E-state index contributed by atoms with van der Waals surface area (Å²) in [4.78, 5) is 5.74. The molecule has 106 valence electrons. The standard InChI is InChI=1S/C16H16N4O/c1-12(2)13-3-5-14(6-4-13)21-15-7-8-16(17-11-15)20-18-9-10-19-20/h3-12H,1-2H3. The molecule has 2 heterocycles. The van der Waals surface area contributed by atoms with Crippen molar-refractivity contribution in [1.82, 2.24) is 20.0 Å². The molecule has 0 atom stereocenters. The molecular weight excluding hydrogens is 264 g/mol. The van der Waals surface area contributed by atoms with Crippen LogP contribution in [0.15, 0.2) is 55.0 Å². The smallest absolute Gasteiger partial charge is 0.174 e. The number of hydrogen-bond donors (Lipinski definition) is 0. The van der Waals surface area contributed by atoms with E-state index in [1.807, 2.05) is 24.3 Å². The lowest BCUT2D eigenvalue weighted by Crippen LogP contribution is -2.00. The Morgan fingerprint density at radius 2 is 1.57 bits per heavy atom. The minimum Gasteiger partial charge on any atom is -0.456 e. The summed E-state index contributed by atoms with van der Waals surface area (Å²) in [6.45, 7) is 4.34. The summed E-state index contributed by atoms with van der Waals surface area (Å²) in [5.41, 5.74) is 1.29. The molecule has 0 aliphatic carbocycles. The van der Waals surface area contributed by atoms with E-state index in [4.69, 9.17) is 4.74 Å². The first-order valence-corrected chi connectivity index (χ1v) is 6.83. The Morgan fingerprint density at radius 3 is 2.14 bits per heavy atom. The Kier molecular flexibility index (Phi) is 3.64. The molecule has 21 heavy (non-hydrogen) atoms. The zero-order valence-electron chi connectivity index (χ0n) is 12.0. The Labute approximate surface area is 123 Å². The van der Waals surface area contributed by atoms with Gasteiger partial charge in [-0.1, -0.05) is 26.0 Å². The largest absolute Gasteiger partial charge is 0.456 e. The molecule has 0 fully saturated rings. The number of rotatable bonds is 4. The van der Waals surface area contributed by atoms with E-state index in [9.17, 15) is 0 Å². The lowest BCUT2D eigenvalue weighted by molar-refractivity contribution is 0.479. The second kappa shape index (κ2) is 5.75. The number of ether oxygens (including phenoxy) is 1. The molecule has 0 saturated carbocycles. The molecule has 0 amide bonds. The predicted molar refractivity (Wildman–Crippen MR) is 79.8 cm³/mol. The molecule has 5 nitrogen and oxygen atoms in total. The number of aromatic nitrogens is 4. The molecule has 5 heteroatoms. The highest BCUT2D eigenvalue weighted by Gasteiger charge is 2.03. The van der Waals surface area contributed by atoms with Gasteiger partial charge in [0.1, 0.15) is 11.5 Å². The first-order chi connectivity index (χ1) is 10.2. The van der Waals surface area contributed by atoms with Crippen LogP contribution in [-0.2, 0) is 0 Å². The van der Waals surface area contributed by atoms with Gasteiger partial charge < -0.3 is 4.74 Å². The fourth-order valence-corrected chi connectivity index (χ4v) is 1.94. The van der Waals surface area contributed by atoms with E-state index in [1.54, 1.807) is 18.6 Å². The van der Waals surface area contributed by atoms with Crippen molar-refractivity contribution in [2.24, 2.45) is 0 Å². The van der Waals surface area contributed by atoms with Crippen LogP contribution >= 0.6 is 0 Å². The molecule has 0 saturated heterocycles. The van der Waals surface area contributed by atoms with Crippen LogP contribution in [0.25, 0.3) is 5.82 Å². The molecule has 0 unspecified atom stereocenters. The number of pyridine rings is 1. The normalized spacial score (nSPS) is 10.8. The molecule has 3 aromatic rings. The molecule has 0 bridgehead atoms. The molecule has 3 rings (SSSR count). The van der Waals surface area contributed by atoms with E-state index in [0.29, 0.717) is 17.5 Å². The van der Waals surface area contributed by atoms with Gasteiger partial charge in [-0.15, -0.1) is 4.80 Å². The molecule has 1 aromatic carbocycles. The maximum atomic E-state index is 5.77. The summed E-state index contributed by atoms with van der Waals surface area (Å²) in [6.07, 6.45) is 4.89. The topological polar surface area (TPSA) is 52.8 Å². The lowest BCUT2D eigenvalue weighted by Gasteiger charge is -2.08. The van der Waals surface area contributed by atoms with Gasteiger partial charge >= 0.3 is 0 Å². The third kappa shape index (κ3) is 3.08. The van der Waals surface area contributed by atoms with E-state index in [2.05, 4.69) is 41.2 Å². The van der Waals surface area contributed by atoms with E-state index < -0.39 is 0 Å². The van der Waals surface area contributed by atoms with Gasteiger partial charge in [0, 0.05) is 0 Å². The van der Waals surface area contributed by atoms with Crippen molar-refractivity contribution in [3.8, 4) is 17.3 Å². The molecule has 0 N–H and O–H groups in total. The first-order valence-electron chi connectivity index (χ1n) is 6.83. The summed E-state index contributed by atoms with van der Waals surface area (Å²) in [5, 5.41) is 8.06. The minimum atomic E-state index is 0.515. The van der Waals surface area contributed by atoms with Gasteiger partial charge in [-0.05, 0) is 35.7 Å². The van der Waals surface area contributed by atoms with Gasteiger partial charge in [-0.3, -0.25) is 0 Å². The third-order valence-electron chi connectivity index (χ3n) is 3.13. The summed E-state index contributed by atoms with van der Waals surface area (Å²) in [7, 11) is 0. The predicted octanol–water partition coefficient (Wildman–Crippen LogP) is 3.58. The zero-order valence-corrected chi connectivity index (χ0v) is 12.0. The Hall–Kier alpha value is -2.69. The first kappa shape index (κ1) is 13.3. The van der Waals surface area contributed by atoms with Crippen molar-refractivity contribution in [3.63, 3.8) is 0 Å². The Morgan fingerprint density at radius 1 is 0.905 bits per heavy atom. The lowest BCUT2D eigenvalue weighted by atomic mass is 10.0. The van der Waals surface area contributed by atoms with Gasteiger partial charge in [-0.25, -0.2) is 4.98 Å². The summed E-state index contributed by atoms with van der Waals surface area (Å²) in [6, 6.07) is 11.8. The van der Waals surface area contributed by atoms with Crippen molar-refractivity contribution < 1.29 is 4.74 Å². The van der Waals surface area contributed by atoms with Gasteiger partial charge in [0.25, 0.3) is 0 Å². The van der Waals surface area contributed by atoms with Crippen LogP contribution in [0.3, 0.4) is 0 Å². The van der Waals surface area contributed by atoms with Crippen LogP contribution < -0.4 is 4.74 Å². The van der Waals surface area contributed by atoms with Crippen LogP contribution in [0, 0.1) is 0 Å². The molecule has 0 spiro atoms. The molecule has 2 aromatic heterocycles. The fourth-order valence-electron chi connectivity index (χ4n) is 1.94. The highest BCUT2D eigenvalue weighted by atomic mass is 16.5. The van der Waals surface area contributed by atoms with E-state index in [0.717, 1.165) is 5.75 Å². The van der Waals surface area contributed by atoms with E-state index in [-0.39, 0.29) is 0 Å². The van der Waals surface area contributed by atoms with Gasteiger partial charge in [0.2, 0.25) is 0 Å². The summed E-state index contributed by atoms with van der Waals surface area (Å²) in [5.74, 6) is 2.65. The number of nitrogens with zero attached hydrogens (tertiary/aromatic N) is 4. The molecule has 0 aliphatic rings. The fraction of sp³-hybridized carbons (Fsp3) is 0.188. The molecule has 0 radical (unpaired) electrons. The van der Waals surface area contributed by atoms with Crippen LogP contribution in [0.2, 0.25) is 0 Å². The van der Waals surface area contributed by atoms with Crippen LogP contribution in [0.1, 0.15) is 25.3 Å². The van der Waals surface area contributed by atoms with Gasteiger partial charge in [-0.2, -0.15) is 10.2 Å². The zero-order chi connectivity index (χ0) is 14.7. The van der Waals surface area contributed by atoms with E-state index >= 15 is 0 Å². The highest BCUT2D eigenvalue weighted by Crippen LogP contribution is 2.23. The van der Waals surface area contributed by atoms with Crippen molar-refractivity contribution in [1.29, 1.82) is 0 Å². The highest BCUT2D eigenvalue weighted by molar-refractivity contribution is 5.34. The monoisotopic (exact) mass is 280 g/mol. The summed E-state index contributed by atoms with van der Waals surface area (Å²) < 4.78 is 5.77. The summed E-state index contributed by atoms with van der Waals surface area (Å²) >= 11 is 0. The second-order valence-corrected chi connectivity index (χ2v) is 5.00. The maximum absolute atomic E-state index is 5.77. The second-order valence-electron chi connectivity index (χ2n) is 5.00. The molecule has 0 aliphatic heterocycles. The van der Waals surface area contributed by atoms with Crippen LogP contribution in [0.4, 0.5) is 0 Å². The Balaban J connectivity index is 1.73. The number of benzene rings is 1. The average molecular weight is 280 g/mol. The number of hydrogen-bond acceptors (Lipinski definition) is 4. The average Bonchev–Trinajstić information content (AvgIpc) is 3.03. The van der Waals surface area contributed by atoms with Crippen LogP contribution in [-0.4, -0.2) is 20.0 Å². The van der Waals surface area contributed by atoms with Crippen molar-refractivity contribution in [3.05, 3.63) is 60.6 Å². The van der Waals surface area contributed by atoms with Gasteiger partial charge in [0.15, 0.2) is 5.82 Å². The van der Waals surface area contributed by atoms with Crippen molar-refractivity contribution in [2.75, 3.05) is 0 Å². The minimum absolute atomic E-state index is 0.515. The van der Waals surface area contributed by atoms with Crippen LogP contribution in [0.5, 0.6) is 11.5 Å². The quantitative estimate of drug-likeness (QED) is 0.733. The van der Waals surface area contributed by atoms with E-state index in [1.165, 1.54) is 10.4 Å². The van der Waals surface area contributed by atoms with Crippen molar-refractivity contribution >= 4 is 0 Å². The third-order valence-corrected chi connectivity index (χ3v) is 3.13.